The molecule has 0 amide bonds. The lowest BCUT2D eigenvalue weighted by molar-refractivity contribution is 0.621. The summed E-state index contributed by atoms with van der Waals surface area (Å²) in [7, 11) is 0. The quantitative estimate of drug-likeness (QED) is 0.666. The summed E-state index contributed by atoms with van der Waals surface area (Å²) in [6.07, 6.45) is 3.49. The van der Waals surface area contributed by atoms with Crippen LogP contribution in [0, 0.1) is 12.7 Å². The molecule has 0 aromatic heterocycles. The van der Waals surface area contributed by atoms with Crippen molar-refractivity contribution in [3.8, 4) is 0 Å². The molecule has 1 atom stereocenters. The molecule has 0 nitrogen and oxygen atoms in total. The molecule has 2 aromatic rings. The van der Waals surface area contributed by atoms with E-state index in [1.807, 2.05) is 12.1 Å². The maximum absolute atomic E-state index is 13.1. The minimum Gasteiger partial charge on any atom is -0.207 e. The number of unbranched alkanes of at least 4 members (excludes halogenated alkanes) is 1. The van der Waals surface area contributed by atoms with Gasteiger partial charge in [0.15, 0.2) is 0 Å². The van der Waals surface area contributed by atoms with Gasteiger partial charge in [-0.05, 0) is 36.6 Å². The summed E-state index contributed by atoms with van der Waals surface area (Å²) in [5, 5.41) is 0. The van der Waals surface area contributed by atoms with Gasteiger partial charge in [0.1, 0.15) is 5.82 Å². The molecule has 0 aliphatic rings. The van der Waals surface area contributed by atoms with E-state index >= 15 is 0 Å². The lowest BCUT2D eigenvalue weighted by Gasteiger charge is -2.18. The van der Waals surface area contributed by atoms with Gasteiger partial charge in [0, 0.05) is 5.92 Å². The van der Waals surface area contributed by atoms with Crippen LogP contribution in [-0.4, -0.2) is 0 Å². The fourth-order valence-electron chi connectivity index (χ4n) is 2.43. The van der Waals surface area contributed by atoms with Crippen molar-refractivity contribution < 1.29 is 4.39 Å². The highest BCUT2D eigenvalue weighted by atomic mass is 19.1. The maximum atomic E-state index is 13.1. The second-order valence-electron chi connectivity index (χ2n) is 5.16. The van der Waals surface area contributed by atoms with Crippen LogP contribution in [0.1, 0.15) is 48.8 Å². The van der Waals surface area contributed by atoms with Crippen LogP contribution < -0.4 is 0 Å². The maximum Gasteiger partial charge on any atom is 0.123 e. The van der Waals surface area contributed by atoms with Crippen LogP contribution in [0.3, 0.4) is 0 Å². The average Bonchev–Trinajstić information content (AvgIpc) is 2.43. The van der Waals surface area contributed by atoms with E-state index in [1.54, 1.807) is 12.1 Å². The molecular weight excluding hydrogens is 235 g/mol. The van der Waals surface area contributed by atoms with Gasteiger partial charge < -0.3 is 0 Å². The van der Waals surface area contributed by atoms with Crippen LogP contribution in [0.4, 0.5) is 4.39 Å². The van der Waals surface area contributed by atoms with Crippen LogP contribution in [0.5, 0.6) is 0 Å². The van der Waals surface area contributed by atoms with Gasteiger partial charge in [-0.15, -0.1) is 0 Å². The Morgan fingerprint density at radius 3 is 1.95 bits per heavy atom. The minimum absolute atomic E-state index is 0.165. The molecule has 19 heavy (non-hydrogen) atoms. The van der Waals surface area contributed by atoms with Crippen molar-refractivity contribution in [2.24, 2.45) is 0 Å². The van der Waals surface area contributed by atoms with E-state index < -0.39 is 0 Å². The third-order valence-electron chi connectivity index (χ3n) is 3.60. The predicted molar refractivity (Wildman–Crippen MR) is 78.9 cm³/mol. The van der Waals surface area contributed by atoms with Crippen LogP contribution >= 0.6 is 0 Å². The fraction of sp³-hybridized carbons (Fsp3) is 0.333. The van der Waals surface area contributed by atoms with Gasteiger partial charge in [0.05, 0.1) is 0 Å². The zero-order valence-corrected chi connectivity index (χ0v) is 11.7. The third kappa shape index (κ3) is 3.66. The van der Waals surface area contributed by atoms with E-state index in [0.717, 1.165) is 6.42 Å². The molecular formula is C18H21F. The van der Waals surface area contributed by atoms with Gasteiger partial charge in [-0.1, -0.05) is 61.7 Å². The molecule has 2 aromatic carbocycles. The molecule has 0 fully saturated rings. The number of rotatable bonds is 5. The standard InChI is InChI=1S/C18H21F/c1-3-4-5-18(15-8-6-14(2)7-9-15)16-10-12-17(19)13-11-16/h6-13,18H,3-5H2,1-2H3. The van der Waals surface area contributed by atoms with E-state index in [9.17, 15) is 4.39 Å². The second kappa shape index (κ2) is 6.51. The molecule has 100 valence electrons. The van der Waals surface area contributed by atoms with Gasteiger partial charge >= 0.3 is 0 Å². The molecule has 1 heteroatoms. The number of halogens is 1. The second-order valence-corrected chi connectivity index (χ2v) is 5.16. The number of hydrogen-bond donors (Lipinski definition) is 0. The molecule has 0 saturated heterocycles. The Kier molecular flexibility index (Phi) is 4.73. The summed E-state index contributed by atoms with van der Waals surface area (Å²) in [6.45, 7) is 4.31. The van der Waals surface area contributed by atoms with Crippen molar-refractivity contribution in [2.45, 2.75) is 39.0 Å². The zero-order chi connectivity index (χ0) is 13.7. The van der Waals surface area contributed by atoms with Crippen molar-refractivity contribution in [3.05, 3.63) is 71.0 Å². The van der Waals surface area contributed by atoms with Crippen LogP contribution in [0.2, 0.25) is 0 Å². The Balaban J connectivity index is 2.29. The molecule has 0 radical (unpaired) electrons. The van der Waals surface area contributed by atoms with Crippen molar-refractivity contribution in [1.29, 1.82) is 0 Å². The lowest BCUT2D eigenvalue weighted by atomic mass is 9.87. The first-order valence-corrected chi connectivity index (χ1v) is 7.02. The first-order valence-electron chi connectivity index (χ1n) is 7.02. The van der Waals surface area contributed by atoms with E-state index in [4.69, 9.17) is 0 Å². The SMILES string of the molecule is CCCCC(c1ccc(C)cc1)c1ccc(F)cc1. The first-order chi connectivity index (χ1) is 9.20. The third-order valence-corrected chi connectivity index (χ3v) is 3.60. The smallest absolute Gasteiger partial charge is 0.123 e. The number of hydrogen-bond acceptors (Lipinski definition) is 0. The van der Waals surface area contributed by atoms with Gasteiger partial charge in [-0.2, -0.15) is 0 Å². The number of aryl methyl sites for hydroxylation is 1. The summed E-state index contributed by atoms with van der Waals surface area (Å²) in [5.41, 5.74) is 3.81. The minimum atomic E-state index is -0.165. The van der Waals surface area contributed by atoms with Gasteiger partial charge in [-0.25, -0.2) is 4.39 Å². The highest BCUT2D eigenvalue weighted by Crippen LogP contribution is 2.30. The van der Waals surface area contributed by atoms with Crippen LogP contribution in [0.25, 0.3) is 0 Å². The Morgan fingerprint density at radius 2 is 1.42 bits per heavy atom. The van der Waals surface area contributed by atoms with Crippen molar-refractivity contribution in [2.75, 3.05) is 0 Å². The largest absolute Gasteiger partial charge is 0.207 e. The monoisotopic (exact) mass is 256 g/mol. The highest BCUT2D eigenvalue weighted by Gasteiger charge is 2.13. The van der Waals surface area contributed by atoms with Crippen LogP contribution in [0.15, 0.2) is 48.5 Å². The summed E-state index contributed by atoms with van der Waals surface area (Å²) >= 11 is 0. The van der Waals surface area contributed by atoms with Gasteiger partial charge in [0.25, 0.3) is 0 Å². The molecule has 1 unspecified atom stereocenters. The van der Waals surface area contributed by atoms with E-state index in [2.05, 4.69) is 38.1 Å². The first kappa shape index (κ1) is 13.8. The lowest BCUT2D eigenvalue weighted by Crippen LogP contribution is -2.01. The van der Waals surface area contributed by atoms with Gasteiger partial charge in [0.2, 0.25) is 0 Å². The molecule has 0 heterocycles. The topological polar surface area (TPSA) is 0 Å². The molecule has 0 aliphatic heterocycles. The van der Waals surface area contributed by atoms with Crippen molar-refractivity contribution in [1.82, 2.24) is 0 Å². The van der Waals surface area contributed by atoms with Crippen molar-refractivity contribution >= 4 is 0 Å². The Labute approximate surface area is 115 Å². The summed E-state index contributed by atoms with van der Waals surface area (Å²) in [6, 6.07) is 15.6. The van der Waals surface area contributed by atoms with E-state index in [-0.39, 0.29) is 5.82 Å². The van der Waals surface area contributed by atoms with Gasteiger partial charge in [-0.3, -0.25) is 0 Å². The molecule has 0 spiro atoms. The zero-order valence-electron chi connectivity index (χ0n) is 11.7. The molecule has 0 saturated carbocycles. The molecule has 0 N–H and O–H groups in total. The average molecular weight is 256 g/mol. The fourth-order valence-corrected chi connectivity index (χ4v) is 2.43. The highest BCUT2D eigenvalue weighted by molar-refractivity contribution is 5.34. The van der Waals surface area contributed by atoms with Crippen LogP contribution in [-0.2, 0) is 0 Å². The molecule has 2 rings (SSSR count). The summed E-state index contributed by atoms with van der Waals surface area (Å²) in [4.78, 5) is 0. The van der Waals surface area contributed by atoms with E-state index in [0.29, 0.717) is 5.92 Å². The Bertz CT molecular complexity index is 451. The Morgan fingerprint density at radius 1 is 0.895 bits per heavy atom. The van der Waals surface area contributed by atoms with E-state index in [1.165, 1.54) is 29.5 Å². The molecule has 0 bridgehead atoms. The predicted octanol–water partition coefficient (Wildman–Crippen LogP) is 5.46. The molecule has 0 aliphatic carbocycles. The Hall–Kier alpha value is -1.63. The van der Waals surface area contributed by atoms with Crippen molar-refractivity contribution in [3.63, 3.8) is 0 Å². The number of benzene rings is 2. The normalized spacial score (nSPS) is 12.4. The summed E-state index contributed by atoms with van der Waals surface area (Å²) < 4.78 is 13.1. The summed E-state index contributed by atoms with van der Waals surface area (Å²) in [5.74, 6) is 0.211.